The van der Waals surface area contributed by atoms with Gasteiger partial charge in [-0.2, -0.15) is 4.98 Å². The Morgan fingerprint density at radius 3 is 2.90 bits per heavy atom. The number of aliphatic hydroxyl groups is 1. The second-order valence-corrected chi connectivity index (χ2v) is 8.41. The molecule has 3 N–H and O–H groups in total. The maximum atomic E-state index is 14.0. The van der Waals surface area contributed by atoms with E-state index in [1.165, 1.54) is 11.3 Å². The molecule has 2 amide bonds. The predicted molar refractivity (Wildman–Crippen MR) is 109 cm³/mol. The lowest BCUT2D eigenvalue weighted by Crippen LogP contribution is -2.41. The number of aliphatic hydroxyl groups excluding tert-OH is 1. The number of carbonyl (C=O) groups is 1. The number of urea groups is 1. The Morgan fingerprint density at radius 1 is 1.40 bits per heavy atom. The molecular weight excluding hydrogens is 416 g/mol. The molecule has 0 unspecified atom stereocenters. The Kier molecular flexibility index (Phi) is 5.33. The van der Waals surface area contributed by atoms with E-state index >= 15 is 0 Å². The van der Waals surface area contributed by atoms with Crippen molar-refractivity contribution in [1.29, 1.82) is 0 Å². The first-order valence-corrected chi connectivity index (χ1v) is 10.3. The van der Waals surface area contributed by atoms with Gasteiger partial charge in [0.1, 0.15) is 11.3 Å². The van der Waals surface area contributed by atoms with Crippen molar-refractivity contribution in [2.24, 2.45) is 0 Å². The standard InChI is InChI=1S/C19H21F2N5O3S/c1-8(7-27)22-17(28)25-18-23-14-4-9(2)26(10(3)16(14)30-18)19-24-13-6-11(20)5-12(21)15(13)29-19/h5-6,8-10,27H,4,7H2,1-3H3,(H2,22,23,25,28)/t8-,9-,10+/m1/s1. The van der Waals surface area contributed by atoms with Crippen molar-refractivity contribution in [3.63, 3.8) is 0 Å². The molecule has 3 heterocycles. The highest BCUT2D eigenvalue weighted by molar-refractivity contribution is 7.16. The minimum absolute atomic E-state index is 0.0633. The summed E-state index contributed by atoms with van der Waals surface area (Å²) in [6.07, 6.45) is 0.572. The van der Waals surface area contributed by atoms with Crippen LogP contribution in [0.25, 0.3) is 11.1 Å². The molecule has 4 rings (SSSR count). The van der Waals surface area contributed by atoms with Crippen molar-refractivity contribution >= 4 is 39.6 Å². The third-order valence-corrected chi connectivity index (χ3v) is 6.16. The molecule has 2 aromatic heterocycles. The third kappa shape index (κ3) is 3.70. The molecule has 3 atom stereocenters. The van der Waals surface area contributed by atoms with E-state index in [-0.39, 0.29) is 41.8 Å². The van der Waals surface area contributed by atoms with Gasteiger partial charge in [0.15, 0.2) is 16.5 Å². The Hall–Kier alpha value is -2.79. The average Bonchev–Trinajstić information content (AvgIpc) is 3.25. The molecule has 0 bridgehead atoms. The number of hydrogen-bond acceptors (Lipinski definition) is 7. The normalized spacial score (nSPS) is 19.6. The fourth-order valence-electron chi connectivity index (χ4n) is 3.59. The van der Waals surface area contributed by atoms with Gasteiger partial charge in [-0.25, -0.2) is 18.6 Å². The number of nitrogens with one attached hydrogen (secondary N) is 2. The summed E-state index contributed by atoms with van der Waals surface area (Å²) < 4.78 is 33.2. The van der Waals surface area contributed by atoms with Gasteiger partial charge < -0.3 is 19.7 Å². The van der Waals surface area contributed by atoms with Crippen molar-refractivity contribution in [2.45, 2.75) is 45.3 Å². The Balaban J connectivity index is 1.60. The second kappa shape index (κ2) is 7.80. The van der Waals surface area contributed by atoms with Gasteiger partial charge in [-0.15, -0.1) is 0 Å². The highest BCUT2D eigenvalue weighted by Gasteiger charge is 2.35. The summed E-state index contributed by atoms with van der Waals surface area (Å²) in [5, 5.41) is 14.8. The number of oxazole rings is 1. The van der Waals surface area contributed by atoms with Crippen LogP contribution in [0.1, 0.15) is 37.4 Å². The number of halogens is 2. The van der Waals surface area contributed by atoms with E-state index in [9.17, 15) is 13.6 Å². The number of nitrogens with zero attached hydrogens (tertiary/aromatic N) is 3. The molecule has 1 aliphatic heterocycles. The molecular formula is C19H21F2N5O3S. The summed E-state index contributed by atoms with van der Waals surface area (Å²) in [7, 11) is 0. The number of benzene rings is 1. The molecule has 0 radical (unpaired) electrons. The minimum Gasteiger partial charge on any atom is -0.420 e. The highest BCUT2D eigenvalue weighted by Crippen LogP contribution is 2.41. The minimum atomic E-state index is -0.797. The molecule has 1 aromatic carbocycles. The lowest BCUT2D eigenvalue weighted by Gasteiger charge is -2.36. The molecule has 8 nitrogen and oxygen atoms in total. The summed E-state index contributed by atoms with van der Waals surface area (Å²) in [6, 6.07) is 1.02. The molecule has 160 valence electrons. The number of fused-ring (bicyclic) bond motifs is 2. The molecule has 0 fully saturated rings. The number of carbonyl (C=O) groups excluding carboxylic acids is 1. The summed E-state index contributed by atoms with van der Waals surface area (Å²) in [5.74, 6) is -1.51. The number of thiazole rings is 1. The second-order valence-electron chi connectivity index (χ2n) is 7.38. The Labute approximate surface area is 174 Å². The van der Waals surface area contributed by atoms with Crippen LogP contribution >= 0.6 is 11.3 Å². The van der Waals surface area contributed by atoms with Crippen LogP contribution in [-0.2, 0) is 6.42 Å². The number of amides is 2. The van der Waals surface area contributed by atoms with E-state index in [1.54, 1.807) is 6.92 Å². The average molecular weight is 437 g/mol. The van der Waals surface area contributed by atoms with Crippen LogP contribution in [-0.4, -0.2) is 39.8 Å². The van der Waals surface area contributed by atoms with E-state index < -0.39 is 17.7 Å². The Bertz CT molecular complexity index is 1100. The third-order valence-electron chi connectivity index (χ3n) is 4.98. The maximum absolute atomic E-state index is 14.0. The Morgan fingerprint density at radius 2 is 2.17 bits per heavy atom. The van der Waals surface area contributed by atoms with Crippen LogP contribution in [0.4, 0.5) is 24.7 Å². The number of hydrogen-bond donors (Lipinski definition) is 3. The van der Waals surface area contributed by atoms with Gasteiger partial charge in [-0.1, -0.05) is 11.3 Å². The summed E-state index contributed by atoms with van der Waals surface area (Å²) in [5.41, 5.74) is 0.891. The van der Waals surface area contributed by atoms with Gasteiger partial charge in [0.2, 0.25) is 0 Å². The zero-order valence-corrected chi connectivity index (χ0v) is 17.4. The van der Waals surface area contributed by atoms with Gasteiger partial charge >= 0.3 is 6.03 Å². The first kappa shape index (κ1) is 20.5. The lowest BCUT2D eigenvalue weighted by atomic mass is 10.0. The maximum Gasteiger partial charge on any atom is 0.321 e. The van der Waals surface area contributed by atoms with Gasteiger partial charge in [-0.05, 0) is 20.8 Å². The van der Waals surface area contributed by atoms with E-state index in [1.807, 2.05) is 18.7 Å². The van der Waals surface area contributed by atoms with Gasteiger partial charge in [-0.3, -0.25) is 5.32 Å². The van der Waals surface area contributed by atoms with Crippen LogP contribution < -0.4 is 15.5 Å². The number of aromatic nitrogens is 2. The van der Waals surface area contributed by atoms with Crippen LogP contribution in [0.5, 0.6) is 0 Å². The van der Waals surface area contributed by atoms with Crippen LogP contribution in [0.2, 0.25) is 0 Å². The number of rotatable bonds is 4. The van der Waals surface area contributed by atoms with E-state index in [4.69, 9.17) is 9.52 Å². The van der Waals surface area contributed by atoms with Gasteiger partial charge in [0, 0.05) is 24.6 Å². The predicted octanol–water partition coefficient (Wildman–Crippen LogP) is 3.58. The largest absolute Gasteiger partial charge is 0.420 e. The highest BCUT2D eigenvalue weighted by atomic mass is 32.1. The van der Waals surface area contributed by atoms with Crippen molar-refractivity contribution in [2.75, 3.05) is 16.8 Å². The van der Waals surface area contributed by atoms with E-state index in [0.717, 1.165) is 22.7 Å². The zero-order valence-electron chi connectivity index (χ0n) is 16.6. The van der Waals surface area contributed by atoms with Crippen molar-refractivity contribution in [3.8, 4) is 0 Å². The van der Waals surface area contributed by atoms with Crippen LogP contribution in [0.3, 0.4) is 0 Å². The quantitative estimate of drug-likeness (QED) is 0.577. The van der Waals surface area contributed by atoms with E-state index in [0.29, 0.717) is 11.6 Å². The molecule has 0 aliphatic carbocycles. The summed E-state index contributed by atoms with van der Waals surface area (Å²) in [4.78, 5) is 23.6. The molecule has 1 aliphatic rings. The monoisotopic (exact) mass is 437 g/mol. The number of anilines is 2. The van der Waals surface area contributed by atoms with Crippen LogP contribution in [0, 0.1) is 11.6 Å². The fourth-order valence-corrected chi connectivity index (χ4v) is 4.63. The summed E-state index contributed by atoms with van der Waals surface area (Å²) >= 11 is 1.33. The first-order valence-electron chi connectivity index (χ1n) is 9.48. The summed E-state index contributed by atoms with van der Waals surface area (Å²) in [6.45, 7) is 5.42. The van der Waals surface area contributed by atoms with Gasteiger partial charge in [0.05, 0.1) is 29.3 Å². The van der Waals surface area contributed by atoms with Crippen molar-refractivity contribution in [1.82, 2.24) is 15.3 Å². The van der Waals surface area contributed by atoms with Crippen molar-refractivity contribution in [3.05, 3.63) is 34.3 Å². The molecule has 30 heavy (non-hydrogen) atoms. The lowest BCUT2D eigenvalue weighted by molar-refractivity contribution is 0.229. The molecule has 0 saturated heterocycles. The van der Waals surface area contributed by atoms with Crippen molar-refractivity contribution < 1.29 is 23.1 Å². The first-order chi connectivity index (χ1) is 14.3. The zero-order chi connectivity index (χ0) is 21.6. The SMILES string of the molecule is C[C@H](CO)NC(=O)Nc1nc2c(s1)[C@H](C)N(c1nc3cc(F)cc(F)c3o1)[C@H](C)C2. The molecule has 11 heteroatoms. The molecule has 0 spiro atoms. The molecule has 0 saturated carbocycles. The topological polar surface area (TPSA) is 104 Å². The van der Waals surface area contributed by atoms with E-state index in [2.05, 4.69) is 20.6 Å². The van der Waals surface area contributed by atoms with Gasteiger partial charge in [0.25, 0.3) is 6.01 Å². The molecule has 3 aromatic rings. The van der Waals surface area contributed by atoms with Crippen LogP contribution in [0.15, 0.2) is 16.5 Å². The fraction of sp³-hybridized carbons (Fsp3) is 0.421. The smallest absolute Gasteiger partial charge is 0.321 e.